The van der Waals surface area contributed by atoms with Gasteiger partial charge in [-0.05, 0) is 18.6 Å². The lowest BCUT2D eigenvalue weighted by molar-refractivity contribution is 0.409. The van der Waals surface area contributed by atoms with Gasteiger partial charge >= 0.3 is 0 Å². The van der Waals surface area contributed by atoms with E-state index in [0.29, 0.717) is 0 Å². The summed E-state index contributed by atoms with van der Waals surface area (Å²) in [7, 11) is 1.67. The van der Waals surface area contributed by atoms with Gasteiger partial charge in [-0.15, -0.1) is 12.3 Å². The molecule has 0 fully saturated rings. The second-order valence-electron chi connectivity index (χ2n) is 2.62. The first-order valence-corrected chi connectivity index (χ1v) is 4.83. The minimum atomic E-state index is 0.735. The summed E-state index contributed by atoms with van der Waals surface area (Å²) in [6.07, 6.45) is 6.80. The molecule has 68 valence electrons. The number of halogens is 1. The highest BCUT2D eigenvalue weighted by Gasteiger charge is 2.05. The maximum atomic E-state index is 5.22. The minimum absolute atomic E-state index is 0.735. The Balaban J connectivity index is 2.95. The predicted octanol–water partition coefficient (Wildman–Crippen LogP) is 3.02. The van der Waals surface area contributed by atoms with E-state index in [9.17, 15) is 0 Å². The van der Waals surface area contributed by atoms with Crippen LogP contribution >= 0.6 is 15.9 Å². The molecule has 0 bridgehead atoms. The van der Waals surface area contributed by atoms with Crippen molar-refractivity contribution in [3.63, 3.8) is 0 Å². The van der Waals surface area contributed by atoms with Crippen LogP contribution in [0.25, 0.3) is 0 Å². The zero-order valence-electron chi connectivity index (χ0n) is 7.51. The van der Waals surface area contributed by atoms with Gasteiger partial charge in [0, 0.05) is 16.5 Å². The molecule has 0 saturated heterocycles. The fourth-order valence-electron chi connectivity index (χ4n) is 1.17. The predicted molar refractivity (Wildman–Crippen MR) is 57.8 cm³/mol. The molecule has 1 rings (SSSR count). The average molecular weight is 239 g/mol. The smallest absolute Gasteiger partial charge is 0.123 e. The van der Waals surface area contributed by atoms with Crippen molar-refractivity contribution in [2.45, 2.75) is 12.8 Å². The van der Waals surface area contributed by atoms with Crippen molar-refractivity contribution in [1.29, 1.82) is 0 Å². The lowest BCUT2D eigenvalue weighted by atomic mass is 10.1. The average Bonchev–Trinajstić information content (AvgIpc) is 2.15. The molecule has 0 saturated carbocycles. The van der Waals surface area contributed by atoms with Gasteiger partial charge in [0.1, 0.15) is 5.75 Å². The lowest BCUT2D eigenvalue weighted by Gasteiger charge is -2.08. The van der Waals surface area contributed by atoms with Gasteiger partial charge in [0.2, 0.25) is 0 Å². The molecule has 1 nitrogen and oxygen atoms in total. The van der Waals surface area contributed by atoms with Crippen molar-refractivity contribution < 1.29 is 4.74 Å². The van der Waals surface area contributed by atoms with E-state index < -0.39 is 0 Å². The molecule has 0 N–H and O–H groups in total. The molecular formula is C11H11BrO. The van der Waals surface area contributed by atoms with E-state index in [1.54, 1.807) is 7.11 Å². The fraction of sp³-hybridized carbons (Fsp3) is 0.273. The fourth-order valence-corrected chi connectivity index (χ4v) is 1.72. The maximum Gasteiger partial charge on any atom is 0.123 e. The molecule has 0 heterocycles. The topological polar surface area (TPSA) is 9.23 Å². The van der Waals surface area contributed by atoms with E-state index >= 15 is 0 Å². The Bertz CT molecular complexity index is 325. The van der Waals surface area contributed by atoms with Crippen LogP contribution in [-0.2, 0) is 6.42 Å². The molecule has 0 atom stereocenters. The molecular weight excluding hydrogens is 228 g/mol. The number of methoxy groups -OCH3 is 1. The first-order chi connectivity index (χ1) is 6.29. The summed E-state index contributed by atoms with van der Waals surface area (Å²) >= 11 is 3.47. The van der Waals surface area contributed by atoms with Gasteiger partial charge in [-0.2, -0.15) is 0 Å². The van der Waals surface area contributed by atoms with E-state index in [1.165, 1.54) is 0 Å². The van der Waals surface area contributed by atoms with E-state index in [2.05, 4.69) is 21.9 Å². The monoisotopic (exact) mass is 238 g/mol. The van der Waals surface area contributed by atoms with Gasteiger partial charge in [0.25, 0.3) is 0 Å². The highest BCUT2D eigenvalue weighted by Crippen LogP contribution is 2.27. The van der Waals surface area contributed by atoms with Crippen molar-refractivity contribution in [3.05, 3.63) is 28.2 Å². The van der Waals surface area contributed by atoms with Crippen molar-refractivity contribution in [1.82, 2.24) is 0 Å². The highest BCUT2D eigenvalue weighted by molar-refractivity contribution is 9.10. The van der Waals surface area contributed by atoms with Crippen LogP contribution in [-0.4, -0.2) is 7.11 Å². The number of terminal acetylenes is 1. The molecule has 0 aliphatic carbocycles. The zero-order valence-corrected chi connectivity index (χ0v) is 9.10. The van der Waals surface area contributed by atoms with Crippen LogP contribution in [0.15, 0.2) is 22.7 Å². The van der Waals surface area contributed by atoms with Crippen LogP contribution in [0.5, 0.6) is 5.75 Å². The summed E-state index contributed by atoms with van der Waals surface area (Å²) in [4.78, 5) is 0. The number of rotatable bonds is 3. The number of hydrogen-bond donors (Lipinski definition) is 0. The second kappa shape index (κ2) is 4.94. The Morgan fingerprint density at radius 1 is 1.54 bits per heavy atom. The van der Waals surface area contributed by atoms with Crippen LogP contribution in [0.3, 0.4) is 0 Å². The number of hydrogen-bond acceptors (Lipinski definition) is 1. The molecule has 1 aromatic carbocycles. The van der Waals surface area contributed by atoms with E-state index in [-0.39, 0.29) is 0 Å². The largest absolute Gasteiger partial charge is 0.496 e. The molecule has 1 aromatic rings. The normalized spacial score (nSPS) is 9.31. The van der Waals surface area contributed by atoms with Gasteiger partial charge in [0.05, 0.1) is 7.11 Å². The molecule has 0 spiro atoms. The van der Waals surface area contributed by atoms with Crippen LogP contribution in [0.4, 0.5) is 0 Å². The van der Waals surface area contributed by atoms with Crippen LogP contribution in [0.1, 0.15) is 12.0 Å². The minimum Gasteiger partial charge on any atom is -0.496 e. The molecule has 0 amide bonds. The van der Waals surface area contributed by atoms with Crippen molar-refractivity contribution in [2.24, 2.45) is 0 Å². The van der Waals surface area contributed by atoms with E-state index in [0.717, 1.165) is 28.6 Å². The zero-order chi connectivity index (χ0) is 9.68. The standard InChI is InChI=1S/C11H11BrO/c1-3-4-6-9-10(12)7-5-8-11(9)13-2/h1,5,7-8H,4,6H2,2H3. The van der Waals surface area contributed by atoms with Gasteiger partial charge in [-0.25, -0.2) is 0 Å². The van der Waals surface area contributed by atoms with Crippen LogP contribution < -0.4 is 4.74 Å². The van der Waals surface area contributed by atoms with Crippen LogP contribution in [0.2, 0.25) is 0 Å². The SMILES string of the molecule is C#CCCc1c(Br)cccc1OC. The van der Waals surface area contributed by atoms with Gasteiger partial charge in [-0.3, -0.25) is 0 Å². The molecule has 0 aliphatic rings. The summed E-state index contributed by atoms with van der Waals surface area (Å²) in [5.74, 6) is 3.51. The maximum absolute atomic E-state index is 5.22. The first kappa shape index (κ1) is 10.1. The van der Waals surface area contributed by atoms with Crippen molar-refractivity contribution in [3.8, 4) is 18.1 Å². The van der Waals surface area contributed by atoms with E-state index in [1.807, 2.05) is 18.2 Å². The summed E-state index contributed by atoms with van der Waals surface area (Å²) in [5, 5.41) is 0. The van der Waals surface area contributed by atoms with Crippen molar-refractivity contribution in [2.75, 3.05) is 7.11 Å². The summed E-state index contributed by atoms with van der Waals surface area (Å²) in [6, 6.07) is 5.88. The summed E-state index contributed by atoms with van der Waals surface area (Å²) in [6.45, 7) is 0. The highest BCUT2D eigenvalue weighted by atomic mass is 79.9. The Labute approximate surface area is 87.2 Å². The second-order valence-corrected chi connectivity index (χ2v) is 3.48. The van der Waals surface area contributed by atoms with Crippen molar-refractivity contribution >= 4 is 15.9 Å². The third kappa shape index (κ3) is 2.50. The Hall–Kier alpha value is -0.940. The third-order valence-corrected chi connectivity index (χ3v) is 2.56. The Kier molecular flexibility index (Phi) is 3.85. The quantitative estimate of drug-likeness (QED) is 0.736. The van der Waals surface area contributed by atoms with Gasteiger partial charge in [0.15, 0.2) is 0 Å². The van der Waals surface area contributed by atoms with Gasteiger partial charge in [-0.1, -0.05) is 22.0 Å². The number of benzene rings is 1. The van der Waals surface area contributed by atoms with E-state index in [4.69, 9.17) is 11.2 Å². The first-order valence-electron chi connectivity index (χ1n) is 4.04. The molecule has 0 unspecified atom stereocenters. The van der Waals surface area contributed by atoms with Crippen LogP contribution in [0, 0.1) is 12.3 Å². The molecule has 0 aromatic heterocycles. The Morgan fingerprint density at radius 3 is 2.92 bits per heavy atom. The summed E-state index contributed by atoms with van der Waals surface area (Å²) < 4.78 is 6.28. The Morgan fingerprint density at radius 2 is 2.31 bits per heavy atom. The molecule has 2 heteroatoms. The molecule has 0 aliphatic heterocycles. The summed E-state index contributed by atoms with van der Waals surface area (Å²) in [5.41, 5.74) is 1.14. The lowest BCUT2D eigenvalue weighted by Crippen LogP contribution is -1.92. The molecule has 13 heavy (non-hydrogen) atoms. The number of ether oxygens (including phenoxy) is 1. The van der Waals surface area contributed by atoms with Gasteiger partial charge < -0.3 is 4.74 Å². The third-order valence-electron chi connectivity index (χ3n) is 1.82. The molecule has 0 radical (unpaired) electrons.